The van der Waals surface area contributed by atoms with Crippen molar-refractivity contribution >= 4 is 29.5 Å². The number of aliphatic imine (C=N–C) groups is 1. The highest BCUT2D eigenvalue weighted by atomic mass is 16.5. The van der Waals surface area contributed by atoms with Crippen LogP contribution in [0.1, 0.15) is 30.0 Å². The number of benzene rings is 2. The van der Waals surface area contributed by atoms with Gasteiger partial charge in [-0.15, -0.1) is 0 Å². The standard InChI is InChI=1S/C23H23N5O3/c1-15-14-16(2)25-22(24-15)28-23(26-19-12-8-5-9-13-19)27-21(30)20(31-17(3)29)18-10-6-4-7-11-18/h4-14,20H,1-3H3,(H2,24,25,26,27,28,30)/t20-/m0/s1. The van der Waals surface area contributed by atoms with Gasteiger partial charge in [0.05, 0.1) is 0 Å². The fourth-order valence-corrected chi connectivity index (χ4v) is 2.85. The number of aryl methyl sites for hydroxylation is 2. The molecule has 0 aliphatic heterocycles. The van der Waals surface area contributed by atoms with Crippen molar-refractivity contribution in [2.45, 2.75) is 26.9 Å². The normalized spacial score (nSPS) is 12.0. The van der Waals surface area contributed by atoms with E-state index < -0.39 is 18.0 Å². The Balaban J connectivity index is 1.93. The van der Waals surface area contributed by atoms with Crippen LogP contribution in [0.2, 0.25) is 0 Å². The lowest BCUT2D eigenvalue weighted by Crippen LogP contribution is -2.40. The van der Waals surface area contributed by atoms with Crippen molar-refractivity contribution in [2.24, 2.45) is 4.99 Å². The van der Waals surface area contributed by atoms with E-state index in [9.17, 15) is 9.59 Å². The van der Waals surface area contributed by atoms with Crippen LogP contribution in [0.15, 0.2) is 71.7 Å². The fourth-order valence-electron chi connectivity index (χ4n) is 2.85. The maximum Gasteiger partial charge on any atom is 0.303 e. The van der Waals surface area contributed by atoms with E-state index in [-0.39, 0.29) is 11.9 Å². The number of hydrogen-bond acceptors (Lipinski definition) is 6. The van der Waals surface area contributed by atoms with Gasteiger partial charge >= 0.3 is 5.97 Å². The Bertz CT molecular complexity index is 1060. The molecule has 1 amide bonds. The van der Waals surface area contributed by atoms with Gasteiger partial charge in [0.15, 0.2) is 0 Å². The van der Waals surface area contributed by atoms with Crippen molar-refractivity contribution in [3.05, 3.63) is 83.7 Å². The van der Waals surface area contributed by atoms with Crippen LogP contribution in [0, 0.1) is 13.8 Å². The molecule has 8 heteroatoms. The van der Waals surface area contributed by atoms with Crippen molar-refractivity contribution in [2.75, 3.05) is 5.32 Å². The van der Waals surface area contributed by atoms with Crippen LogP contribution >= 0.6 is 0 Å². The molecule has 0 unspecified atom stereocenters. The monoisotopic (exact) mass is 417 g/mol. The second-order valence-electron chi connectivity index (χ2n) is 6.79. The van der Waals surface area contributed by atoms with Gasteiger partial charge in [-0.25, -0.2) is 9.97 Å². The minimum Gasteiger partial charge on any atom is -0.447 e. The Kier molecular flexibility index (Phi) is 7.05. The van der Waals surface area contributed by atoms with Crippen LogP contribution < -0.4 is 10.6 Å². The first-order valence-corrected chi connectivity index (χ1v) is 9.67. The van der Waals surface area contributed by atoms with E-state index in [2.05, 4.69) is 25.6 Å². The molecule has 0 aliphatic carbocycles. The number of para-hydroxylation sites is 1. The molecule has 0 saturated carbocycles. The van der Waals surface area contributed by atoms with Gasteiger partial charge in [0, 0.05) is 29.6 Å². The number of nitrogens with one attached hydrogen (secondary N) is 2. The maximum atomic E-state index is 13.1. The van der Waals surface area contributed by atoms with Crippen LogP contribution in [0.5, 0.6) is 0 Å². The summed E-state index contributed by atoms with van der Waals surface area (Å²) in [4.78, 5) is 37.6. The molecular weight excluding hydrogens is 394 g/mol. The SMILES string of the molecule is CC(=O)O[C@H](C(=O)N/C(=N\c1nc(C)cc(C)n1)Nc1ccccc1)c1ccccc1. The number of nitrogens with zero attached hydrogens (tertiary/aromatic N) is 3. The van der Waals surface area contributed by atoms with Gasteiger partial charge in [-0.2, -0.15) is 4.99 Å². The Morgan fingerprint density at radius 2 is 1.52 bits per heavy atom. The molecule has 1 atom stereocenters. The van der Waals surface area contributed by atoms with Crippen molar-refractivity contribution in [3.63, 3.8) is 0 Å². The minimum absolute atomic E-state index is 0.106. The molecular formula is C23H23N5O3. The number of anilines is 1. The lowest BCUT2D eigenvalue weighted by molar-refractivity contribution is -0.153. The van der Waals surface area contributed by atoms with Gasteiger partial charge in [0.25, 0.3) is 11.9 Å². The zero-order valence-electron chi connectivity index (χ0n) is 17.5. The first-order chi connectivity index (χ1) is 14.9. The third-order valence-corrected chi connectivity index (χ3v) is 4.08. The fraction of sp³-hybridized carbons (Fsp3) is 0.174. The van der Waals surface area contributed by atoms with Crippen molar-refractivity contribution in [1.29, 1.82) is 0 Å². The number of hydrogen-bond donors (Lipinski definition) is 2. The van der Waals surface area contributed by atoms with E-state index in [1.54, 1.807) is 24.3 Å². The van der Waals surface area contributed by atoms with E-state index in [0.29, 0.717) is 11.3 Å². The van der Waals surface area contributed by atoms with E-state index in [1.807, 2.05) is 56.3 Å². The predicted molar refractivity (Wildman–Crippen MR) is 118 cm³/mol. The summed E-state index contributed by atoms with van der Waals surface area (Å²) in [5.41, 5.74) is 2.74. The molecule has 0 saturated heterocycles. The predicted octanol–water partition coefficient (Wildman–Crippen LogP) is 3.61. The Morgan fingerprint density at radius 1 is 0.935 bits per heavy atom. The number of ether oxygens (including phenoxy) is 1. The highest BCUT2D eigenvalue weighted by Crippen LogP contribution is 2.18. The molecule has 0 spiro atoms. The molecule has 2 N–H and O–H groups in total. The van der Waals surface area contributed by atoms with Gasteiger partial charge in [0.2, 0.25) is 12.1 Å². The third-order valence-electron chi connectivity index (χ3n) is 4.08. The van der Waals surface area contributed by atoms with E-state index in [4.69, 9.17) is 4.74 Å². The van der Waals surface area contributed by atoms with Crippen LogP contribution in [-0.4, -0.2) is 27.8 Å². The molecule has 0 bridgehead atoms. The summed E-state index contributed by atoms with van der Waals surface area (Å²) in [6.07, 6.45) is -1.14. The number of amides is 1. The summed E-state index contributed by atoms with van der Waals surface area (Å²) < 4.78 is 5.27. The lowest BCUT2D eigenvalue weighted by atomic mass is 10.1. The zero-order chi connectivity index (χ0) is 22.2. The largest absolute Gasteiger partial charge is 0.447 e. The Hall–Kier alpha value is -4.07. The smallest absolute Gasteiger partial charge is 0.303 e. The van der Waals surface area contributed by atoms with Crippen LogP contribution in [0.3, 0.4) is 0 Å². The van der Waals surface area contributed by atoms with E-state index in [0.717, 1.165) is 11.4 Å². The Labute approximate surface area is 180 Å². The second-order valence-corrected chi connectivity index (χ2v) is 6.79. The van der Waals surface area contributed by atoms with Gasteiger partial charge < -0.3 is 10.1 Å². The number of aromatic nitrogens is 2. The first-order valence-electron chi connectivity index (χ1n) is 9.67. The molecule has 158 valence electrons. The topological polar surface area (TPSA) is 106 Å². The molecule has 1 aromatic heterocycles. The first kappa shape index (κ1) is 21.6. The summed E-state index contributed by atoms with van der Waals surface area (Å²) in [5.74, 6) is -0.835. The second kappa shape index (κ2) is 10.1. The number of esters is 1. The minimum atomic E-state index is -1.14. The molecule has 1 heterocycles. The molecule has 0 aliphatic rings. The van der Waals surface area contributed by atoms with E-state index in [1.165, 1.54) is 6.92 Å². The van der Waals surface area contributed by atoms with Gasteiger partial charge in [0.1, 0.15) is 0 Å². The summed E-state index contributed by atoms with van der Waals surface area (Å²) >= 11 is 0. The third kappa shape index (κ3) is 6.46. The number of guanidine groups is 1. The highest BCUT2D eigenvalue weighted by molar-refractivity contribution is 6.06. The van der Waals surface area contributed by atoms with Crippen molar-refractivity contribution < 1.29 is 14.3 Å². The summed E-state index contributed by atoms with van der Waals surface area (Å²) in [5, 5.41) is 5.75. The van der Waals surface area contributed by atoms with Gasteiger partial charge in [-0.05, 0) is 32.0 Å². The van der Waals surface area contributed by atoms with Crippen LogP contribution in [-0.2, 0) is 14.3 Å². The average Bonchev–Trinajstić information content (AvgIpc) is 2.72. The molecule has 2 aromatic carbocycles. The van der Waals surface area contributed by atoms with Crippen LogP contribution in [0.4, 0.5) is 11.6 Å². The summed E-state index contributed by atoms with van der Waals surface area (Å²) in [7, 11) is 0. The van der Waals surface area contributed by atoms with Crippen LogP contribution in [0.25, 0.3) is 0 Å². The quantitative estimate of drug-likeness (QED) is 0.373. The highest BCUT2D eigenvalue weighted by Gasteiger charge is 2.25. The van der Waals surface area contributed by atoms with Crippen molar-refractivity contribution in [1.82, 2.24) is 15.3 Å². The van der Waals surface area contributed by atoms with Gasteiger partial charge in [-0.1, -0.05) is 48.5 Å². The maximum absolute atomic E-state index is 13.1. The molecule has 8 nitrogen and oxygen atoms in total. The molecule has 0 radical (unpaired) electrons. The van der Waals surface area contributed by atoms with Gasteiger partial charge in [-0.3, -0.25) is 14.9 Å². The molecule has 3 rings (SSSR count). The summed E-state index contributed by atoms with van der Waals surface area (Å²) in [6.45, 7) is 4.93. The van der Waals surface area contributed by atoms with Crippen molar-refractivity contribution in [3.8, 4) is 0 Å². The van der Waals surface area contributed by atoms with E-state index >= 15 is 0 Å². The number of rotatable bonds is 5. The lowest BCUT2D eigenvalue weighted by Gasteiger charge is -2.18. The Morgan fingerprint density at radius 3 is 2.10 bits per heavy atom. The molecule has 3 aromatic rings. The summed E-state index contributed by atoms with van der Waals surface area (Å²) in [6, 6.07) is 19.8. The average molecular weight is 417 g/mol. The number of carbonyl (C=O) groups excluding carboxylic acids is 2. The zero-order valence-corrected chi connectivity index (χ0v) is 17.5. The molecule has 0 fully saturated rings. The number of carbonyl (C=O) groups is 2. The molecule has 31 heavy (non-hydrogen) atoms.